The molecule has 0 spiro atoms. The second-order valence-corrected chi connectivity index (χ2v) is 6.59. The van der Waals surface area contributed by atoms with Crippen LogP contribution in [0.15, 0.2) is 17.2 Å². The van der Waals surface area contributed by atoms with Gasteiger partial charge in [-0.2, -0.15) is 10.1 Å². The highest BCUT2D eigenvalue weighted by atomic mass is 16.5. The molecule has 1 saturated heterocycles. The van der Waals surface area contributed by atoms with Gasteiger partial charge in [0.2, 0.25) is 0 Å². The van der Waals surface area contributed by atoms with E-state index in [0.717, 1.165) is 18.9 Å². The molecule has 2 aromatic heterocycles. The average Bonchev–Trinajstić information content (AvgIpc) is 3.16. The first-order valence-electron chi connectivity index (χ1n) is 7.26. The molecule has 3 heterocycles. The molecule has 3 atom stereocenters. The summed E-state index contributed by atoms with van der Waals surface area (Å²) in [5.41, 5.74) is 0.0550. The number of aromatic nitrogens is 5. The predicted octanol–water partition coefficient (Wildman–Crippen LogP) is 2.19. The van der Waals surface area contributed by atoms with Crippen LogP contribution in [-0.2, 0) is 4.74 Å². The Labute approximate surface area is 123 Å². The minimum atomic E-state index is -0.121. The van der Waals surface area contributed by atoms with E-state index in [4.69, 9.17) is 9.26 Å². The molecule has 0 aromatic carbocycles. The normalized spacial score (nSPS) is 24.4. The maximum atomic E-state index is 5.88. The first kappa shape index (κ1) is 14.2. The standard InChI is InChI=1S/C14H21N5O2/c1-9(19-8-15-7-16-19)13-17-12(18-21-13)10-5-6-20-11(10)14(2,3)4/h7-11H,5-6H2,1-4H3/t9-,10-,11-/m0/s1. The van der Waals surface area contributed by atoms with Crippen LogP contribution in [0, 0.1) is 5.41 Å². The van der Waals surface area contributed by atoms with Gasteiger partial charge in [0.25, 0.3) is 5.89 Å². The minimum Gasteiger partial charge on any atom is -0.377 e. The van der Waals surface area contributed by atoms with Gasteiger partial charge in [-0.3, -0.25) is 0 Å². The Morgan fingerprint density at radius 1 is 1.38 bits per heavy atom. The fourth-order valence-electron chi connectivity index (χ4n) is 2.81. The number of hydrogen-bond acceptors (Lipinski definition) is 6. The molecule has 0 saturated carbocycles. The molecule has 1 fully saturated rings. The van der Waals surface area contributed by atoms with Gasteiger partial charge in [-0.25, -0.2) is 9.67 Å². The Kier molecular flexibility index (Phi) is 3.52. The molecule has 0 N–H and O–H groups in total. The largest absolute Gasteiger partial charge is 0.377 e. The van der Waals surface area contributed by atoms with Crippen molar-refractivity contribution in [1.82, 2.24) is 24.9 Å². The Morgan fingerprint density at radius 3 is 2.86 bits per heavy atom. The molecule has 114 valence electrons. The van der Waals surface area contributed by atoms with E-state index in [9.17, 15) is 0 Å². The predicted molar refractivity (Wildman–Crippen MR) is 74.7 cm³/mol. The second kappa shape index (κ2) is 5.22. The summed E-state index contributed by atoms with van der Waals surface area (Å²) in [6.07, 6.45) is 4.18. The van der Waals surface area contributed by atoms with Crippen LogP contribution in [0.1, 0.15) is 57.8 Å². The summed E-state index contributed by atoms with van der Waals surface area (Å²) >= 11 is 0. The number of hydrogen-bond donors (Lipinski definition) is 0. The highest BCUT2D eigenvalue weighted by Gasteiger charge is 2.40. The summed E-state index contributed by atoms with van der Waals surface area (Å²) in [5, 5.41) is 8.27. The summed E-state index contributed by atoms with van der Waals surface area (Å²) in [7, 11) is 0. The van der Waals surface area contributed by atoms with Crippen LogP contribution in [0.25, 0.3) is 0 Å². The second-order valence-electron chi connectivity index (χ2n) is 6.59. The fraction of sp³-hybridized carbons (Fsp3) is 0.714. The molecule has 3 rings (SSSR count). The topological polar surface area (TPSA) is 78.9 Å². The van der Waals surface area contributed by atoms with Crippen molar-refractivity contribution in [2.24, 2.45) is 5.41 Å². The summed E-state index contributed by atoms with van der Waals surface area (Å²) in [4.78, 5) is 8.50. The molecule has 2 aromatic rings. The van der Waals surface area contributed by atoms with Gasteiger partial charge in [-0.15, -0.1) is 0 Å². The Morgan fingerprint density at radius 2 is 2.19 bits per heavy atom. The van der Waals surface area contributed by atoms with Crippen LogP contribution in [0.3, 0.4) is 0 Å². The average molecular weight is 291 g/mol. The number of nitrogens with zero attached hydrogens (tertiary/aromatic N) is 5. The van der Waals surface area contributed by atoms with Gasteiger partial charge in [-0.05, 0) is 18.8 Å². The van der Waals surface area contributed by atoms with Crippen molar-refractivity contribution in [3.05, 3.63) is 24.4 Å². The zero-order valence-corrected chi connectivity index (χ0v) is 12.9. The lowest BCUT2D eigenvalue weighted by Gasteiger charge is -2.29. The van der Waals surface area contributed by atoms with Gasteiger partial charge >= 0.3 is 0 Å². The Balaban J connectivity index is 1.82. The van der Waals surface area contributed by atoms with Crippen LogP contribution in [0.4, 0.5) is 0 Å². The summed E-state index contributed by atoms with van der Waals surface area (Å²) in [6, 6.07) is -0.121. The monoisotopic (exact) mass is 291 g/mol. The molecule has 0 bridgehead atoms. The third-order valence-electron chi connectivity index (χ3n) is 3.93. The van der Waals surface area contributed by atoms with Crippen molar-refractivity contribution in [3.63, 3.8) is 0 Å². The third-order valence-corrected chi connectivity index (χ3v) is 3.93. The van der Waals surface area contributed by atoms with Gasteiger partial charge in [-0.1, -0.05) is 25.9 Å². The molecule has 7 nitrogen and oxygen atoms in total. The lowest BCUT2D eigenvalue weighted by atomic mass is 9.81. The lowest BCUT2D eigenvalue weighted by molar-refractivity contribution is 0.0193. The van der Waals surface area contributed by atoms with Gasteiger partial charge < -0.3 is 9.26 Å². The minimum absolute atomic E-state index is 0.0550. The van der Waals surface area contributed by atoms with E-state index in [2.05, 4.69) is 41.0 Å². The maximum absolute atomic E-state index is 5.88. The number of ether oxygens (including phenoxy) is 1. The van der Waals surface area contributed by atoms with Crippen molar-refractivity contribution >= 4 is 0 Å². The van der Waals surface area contributed by atoms with Gasteiger partial charge in [0.15, 0.2) is 5.82 Å². The van der Waals surface area contributed by atoms with Crippen LogP contribution >= 0.6 is 0 Å². The van der Waals surface area contributed by atoms with Crippen molar-refractivity contribution in [2.75, 3.05) is 6.61 Å². The van der Waals surface area contributed by atoms with Crippen LogP contribution in [0.2, 0.25) is 0 Å². The van der Waals surface area contributed by atoms with E-state index in [1.54, 1.807) is 11.0 Å². The molecule has 0 aliphatic carbocycles. The molecule has 0 amide bonds. The van der Waals surface area contributed by atoms with Crippen molar-refractivity contribution in [2.45, 2.75) is 52.2 Å². The smallest absolute Gasteiger partial charge is 0.251 e. The quantitative estimate of drug-likeness (QED) is 0.862. The van der Waals surface area contributed by atoms with E-state index >= 15 is 0 Å². The zero-order chi connectivity index (χ0) is 15.0. The first-order valence-corrected chi connectivity index (χ1v) is 7.26. The molecule has 1 aliphatic rings. The summed E-state index contributed by atoms with van der Waals surface area (Å²) < 4.78 is 13.0. The molecular formula is C14H21N5O2. The highest BCUT2D eigenvalue weighted by molar-refractivity contribution is 5.06. The molecular weight excluding hydrogens is 270 g/mol. The van der Waals surface area contributed by atoms with Crippen LogP contribution < -0.4 is 0 Å². The van der Waals surface area contributed by atoms with Crippen LogP contribution in [0.5, 0.6) is 0 Å². The lowest BCUT2D eigenvalue weighted by Crippen LogP contribution is -2.30. The molecule has 0 unspecified atom stereocenters. The zero-order valence-electron chi connectivity index (χ0n) is 12.9. The summed E-state index contributed by atoms with van der Waals surface area (Å²) in [5.74, 6) is 1.47. The van der Waals surface area contributed by atoms with E-state index < -0.39 is 0 Å². The Hall–Kier alpha value is -1.76. The van der Waals surface area contributed by atoms with Crippen LogP contribution in [-0.4, -0.2) is 37.6 Å². The van der Waals surface area contributed by atoms with Crippen molar-refractivity contribution < 1.29 is 9.26 Å². The van der Waals surface area contributed by atoms with E-state index in [-0.39, 0.29) is 23.5 Å². The molecule has 1 aliphatic heterocycles. The molecule has 7 heteroatoms. The van der Waals surface area contributed by atoms with Gasteiger partial charge in [0, 0.05) is 6.61 Å². The highest BCUT2D eigenvalue weighted by Crippen LogP contribution is 2.39. The molecule has 21 heavy (non-hydrogen) atoms. The van der Waals surface area contributed by atoms with Gasteiger partial charge in [0.1, 0.15) is 18.7 Å². The summed E-state index contributed by atoms with van der Waals surface area (Å²) in [6.45, 7) is 9.23. The first-order chi connectivity index (χ1) is 9.97. The van der Waals surface area contributed by atoms with E-state index in [1.807, 2.05) is 6.92 Å². The van der Waals surface area contributed by atoms with Crippen molar-refractivity contribution in [3.8, 4) is 0 Å². The SMILES string of the molecule is C[C@@H](c1nc([C@H]2CCO[C@@H]2C(C)(C)C)no1)n1cncn1. The number of rotatable bonds is 3. The van der Waals surface area contributed by atoms with E-state index in [1.165, 1.54) is 6.33 Å². The van der Waals surface area contributed by atoms with Gasteiger partial charge in [0.05, 0.1) is 12.0 Å². The molecule has 0 radical (unpaired) electrons. The third kappa shape index (κ3) is 2.70. The maximum Gasteiger partial charge on any atom is 0.251 e. The Bertz CT molecular complexity index is 587. The van der Waals surface area contributed by atoms with Crippen molar-refractivity contribution in [1.29, 1.82) is 0 Å². The fourth-order valence-corrected chi connectivity index (χ4v) is 2.81. The van der Waals surface area contributed by atoms with E-state index in [0.29, 0.717) is 5.89 Å².